The van der Waals surface area contributed by atoms with E-state index < -0.39 is 10.0 Å². The van der Waals surface area contributed by atoms with Crippen LogP contribution in [0.4, 0.5) is 0 Å². The van der Waals surface area contributed by atoms with Crippen LogP contribution in [0.1, 0.15) is 44.9 Å². The SMILES string of the molecule is CN(CC1CCCNC1)S(=O)(=O)C1CCCCC1. The molecule has 0 amide bonds. The van der Waals surface area contributed by atoms with Crippen LogP contribution in [0.3, 0.4) is 0 Å². The fourth-order valence-electron chi connectivity index (χ4n) is 3.16. The van der Waals surface area contributed by atoms with Crippen LogP contribution in [0, 0.1) is 5.92 Å². The van der Waals surface area contributed by atoms with Gasteiger partial charge in [-0.05, 0) is 44.7 Å². The number of hydrogen-bond acceptors (Lipinski definition) is 3. The van der Waals surface area contributed by atoms with Crippen LogP contribution >= 0.6 is 0 Å². The zero-order valence-electron chi connectivity index (χ0n) is 11.4. The summed E-state index contributed by atoms with van der Waals surface area (Å²) in [4.78, 5) is 0. The maximum absolute atomic E-state index is 12.5. The standard InChI is InChI=1S/C13H26N2O2S/c1-15(11-12-6-5-9-14-10-12)18(16,17)13-7-3-2-4-8-13/h12-14H,2-11H2,1H3. The minimum absolute atomic E-state index is 0.118. The van der Waals surface area contributed by atoms with Gasteiger partial charge in [0.05, 0.1) is 5.25 Å². The highest BCUT2D eigenvalue weighted by Gasteiger charge is 2.32. The van der Waals surface area contributed by atoms with Crippen LogP contribution in [-0.2, 0) is 10.0 Å². The molecule has 0 radical (unpaired) electrons. The van der Waals surface area contributed by atoms with E-state index in [4.69, 9.17) is 0 Å². The molecular formula is C13H26N2O2S. The third-order valence-corrected chi connectivity index (χ3v) is 6.65. The maximum atomic E-state index is 12.5. The van der Waals surface area contributed by atoms with Crippen LogP contribution < -0.4 is 5.32 Å². The molecule has 1 heterocycles. The first kappa shape index (κ1) is 14.3. The number of nitrogens with one attached hydrogen (secondary N) is 1. The fourth-order valence-corrected chi connectivity index (χ4v) is 5.02. The monoisotopic (exact) mass is 274 g/mol. The highest BCUT2D eigenvalue weighted by Crippen LogP contribution is 2.26. The van der Waals surface area contributed by atoms with Gasteiger partial charge in [0.2, 0.25) is 10.0 Å². The molecule has 4 nitrogen and oxygen atoms in total. The summed E-state index contributed by atoms with van der Waals surface area (Å²) in [6, 6.07) is 0. The van der Waals surface area contributed by atoms with Crippen LogP contribution in [0.2, 0.25) is 0 Å². The van der Waals surface area contributed by atoms with E-state index in [9.17, 15) is 8.42 Å². The summed E-state index contributed by atoms with van der Waals surface area (Å²) in [7, 11) is -1.29. The molecule has 2 fully saturated rings. The highest BCUT2D eigenvalue weighted by molar-refractivity contribution is 7.89. The van der Waals surface area contributed by atoms with Crippen molar-refractivity contribution in [3.05, 3.63) is 0 Å². The molecule has 1 aliphatic heterocycles. The average Bonchev–Trinajstić information content (AvgIpc) is 2.41. The smallest absolute Gasteiger partial charge is 0.216 e. The van der Waals surface area contributed by atoms with Crippen molar-refractivity contribution in [1.82, 2.24) is 9.62 Å². The lowest BCUT2D eigenvalue weighted by Crippen LogP contribution is -2.43. The predicted molar refractivity (Wildman–Crippen MR) is 74.0 cm³/mol. The summed E-state index contributed by atoms with van der Waals surface area (Å²) < 4.78 is 26.6. The number of sulfonamides is 1. The average molecular weight is 274 g/mol. The third kappa shape index (κ3) is 3.45. The first-order chi connectivity index (χ1) is 8.60. The quantitative estimate of drug-likeness (QED) is 0.847. The molecule has 1 atom stereocenters. The van der Waals surface area contributed by atoms with Gasteiger partial charge in [0.15, 0.2) is 0 Å². The van der Waals surface area contributed by atoms with Gasteiger partial charge in [0, 0.05) is 13.6 Å². The number of piperidine rings is 1. The Morgan fingerprint density at radius 1 is 1.11 bits per heavy atom. The van der Waals surface area contributed by atoms with Gasteiger partial charge < -0.3 is 5.32 Å². The first-order valence-corrected chi connectivity index (χ1v) is 8.77. The van der Waals surface area contributed by atoms with E-state index in [0.717, 1.165) is 45.2 Å². The van der Waals surface area contributed by atoms with Crippen LogP contribution in [-0.4, -0.2) is 44.7 Å². The third-order valence-electron chi connectivity index (χ3n) is 4.32. The second kappa shape index (κ2) is 6.35. The molecule has 1 saturated heterocycles. The Morgan fingerprint density at radius 3 is 2.44 bits per heavy atom. The molecule has 1 saturated carbocycles. The molecule has 0 aromatic carbocycles. The van der Waals surface area contributed by atoms with Crippen molar-refractivity contribution in [3.63, 3.8) is 0 Å². The van der Waals surface area contributed by atoms with Crippen LogP contribution in [0.25, 0.3) is 0 Å². The summed E-state index contributed by atoms with van der Waals surface area (Å²) >= 11 is 0. The lowest BCUT2D eigenvalue weighted by atomic mass is 10.00. The maximum Gasteiger partial charge on any atom is 0.216 e. The molecule has 0 spiro atoms. The summed E-state index contributed by atoms with van der Waals surface area (Å²) in [5.41, 5.74) is 0. The lowest BCUT2D eigenvalue weighted by Gasteiger charge is -2.31. The minimum Gasteiger partial charge on any atom is -0.316 e. The van der Waals surface area contributed by atoms with Gasteiger partial charge in [-0.25, -0.2) is 12.7 Å². The van der Waals surface area contributed by atoms with Crippen molar-refractivity contribution < 1.29 is 8.42 Å². The summed E-state index contributed by atoms with van der Waals surface area (Å²) in [5, 5.41) is 3.23. The van der Waals surface area contributed by atoms with Crippen molar-refractivity contribution >= 4 is 10.0 Å². The Morgan fingerprint density at radius 2 is 1.83 bits per heavy atom. The van der Waals surface area contributed by atoms with Gasteiger partial charge in [0.1, 0.15) is 0 Å². The largest absolute Gasteiger partial charge is 0.316 e. The van der Waals surface area contributed by atoms with Crippen molar-refractivity contribution in [3.8, 4) is 0 Å². The molecule has 5 heteroatoms. The first-order valence-electron chi connectivity index (χ1n) is 7.26. The Hall–Kier alpha value is -0.130. The van der Waals surface area contributed by atoms with E-state index >= 15 is 0 Å². The molecule has 2 aliphatic rings. The number of hydrogen-bond donors (Lipinski definition) is 1. The molecule has 1 aliphatic carbocycles. The zero-order valence-corrected chi connectivity index (χ0v) is 12.2. The van der Waals surface area contributed by atoms with E-state index in [2.05, 4.69) is 5.32 Å². The normalized spacial score (nSPS) is 27.6. The molecule has 0 aromatic rings. The fraction of sp³-hybridized carbons (Fsp3) is 1.00. The minimum atomic E-state index is -3.06. The van der Waals surface area contributed by atoms with Gasteiger partial charge in [-0.1, -0.05) is 19.3 Å². The molecule has 0 aromatic heterocycles. The lowest BCUT2D eigenvalue weighted by molar-refractivity contribution is 0.310. The van der Waals surface area contributed by atoms with Crippen molar-refractivity contribution in [2.24, 2.45) is 5.92 Å². The van der Waals surface area contributed by atoms with Crippen molar-refractivity contribution in [2.75, 3.05) is 26.7 Å². The molecule has 2 rings (SSSR count). The van der Waals surface area contributed by atoms with Gasteiger partial charge in [-0.15, -0.1) is 0 Å². The van der Waals surface area contributed by atoms with Gasteiger partial charge in [-0.2, -0.15) is 0 Å². The molecule has 1 unspecified atom stereocenters. The number of rotatable bonds is 4. The van der Waals surface area contributed by atoms with Gasteiger partial charge >= 0.3 is 0 Å². The summed E-state index contributed by atoms with van der Waals surface area (Å²) in [5.74, 6) is 0.488. The zero-order chi connectivity index (χ0) is 13.0. The van der Waals surface area contributed by atoms with E-state index in [1.165, 1.54) is 12.8 Å². The second-order valence-corrected chi connectivity index (χ2v) is 8.12. The van der Waals surface area contributed by atoms with Crippen molar-refractivity contribution in [1.29, 1.82) is 0 Å². The summed E-state index contributed by atoms with van der Waals surface area (Å²) in [6.07, 6.45) is 7.37. The number of nitrogens with zero attached hydrogens (tertiary/aromatic N) is 1. The van der Waals surface area contributed by atoms with E-state index in [0.29, 0.717) is 12.5 Å². The highest BCUT2D eigenvalue weighted by atomic mass is 32.2. The van der Waals surface area contributed by atoms with Gasteiger partial charge in [-0.3, -0.25) is 0 Å². The molecule has 18 heavy (non-hydrogen) atoms. The molecular weight excluding hydrogens is 248 g/mol. The Kier molecular flexibility index (Phi) is 5.04. The Bertz CT molecular complexity index is 344. The van der Waals surface area contributed by atoms with Crippen molar-refractivity contribution in [2.45, 2.75) is 50.2 Å². The van der Waals surface area contributed by atoms with E-state index in [1.807, 2.05) is 0 Å². The molecule has 1 N–H and O–H groups in total. The van der Waals surface area contributed by atoms with Crippen LogP contribution in [0.15, 0.2) is 0 Å². The Balaban J connectivity index is 1.91. The van der Waals surface area contributed by atoms with Gasteiger partial charge in [0.25, 0.3) is 0 Å². The predicted octanol–water partition coefficient (Wildman–Crippen LogP) is 1.58. The molecule has 0 bridgehead atoms. The van der Waals surface area contributed by atoms with Crippen LogP contribution in [0.5, 0.6) is 0 Å². The topological polar surface area (TPSA) is 49.4 Å². The Labute approximate surface area is 111 Å². The van der Waals surface area contributed by atoms with E-state index in [-0.39, 0.29) is 5.25 Å². The van der Waals surface area contributed by atoms with E-state index in [1.54, 1.807) is 11.4 Å². The second-order valence-electron chi connectivity index (χ2n) is 5.80. The summed E-state index contributed by atoms with van der Waals surface area (Å²) in [6.45, 7) is 2.73. The molecule has 106 valence electrons.